The van der Waals surface area contributed by atoms with E-state index in [1.165, 1.54) is 0 Å². The molecule has 0 unspecified atom stereocenters. The number of alkyl halides is 3. The van der Waals surface area contributed by atoms with Gasteiger partial charge >= 0.3 is 6.18 Å². The van der Waals surface area contributed by atoms with E-state index in [0.717, 1.165) is 0 Å². The van der Waals surface area contributed by atoms with Crippen LogP contribution in [-0.4, -0.2) is 37.8 Å². The number of nitrogens with one attached hydrogen (secondary N) is 2. The van der Waals surface area contributed by atoms with Crippen molar-refractivity contribution in [3.8, 4) is 5.75 Å². The molecule has 1 aliphatic rings. The molecule has 1 aromatic carbocycles. The standard InChI is InChI=1S/C14H15F3N2O4/c1-8(18-12(20)5-22-7-14(15,16)17)9-2-3-11-10(4-9)19-13(21)6-23-11/h2-4,8H,5-7H2,1H3,(H,18,20)(H,19,21)/t8-/m1/s1. The Kier molecular flexibility index (Phi) is 5.09. The number of ether oxygens (including phenoxy) is 2. The highest BCUT2D eigenvalue weighted by Gasteiger charge is 2.28. The van der Waals surface area contributed by atoms with Gasteiger partial charge in [0.25, 0.3) is 5.91 Å². The van der Waals surface area contributed by atoms with Crippen molar-refractivity contribution < 1.29 is 32.2 Å². The number of fused-ring (bicyclic) bond motifs is 1. The number of carbonyl (C=O) groups excluding carboxylic acids is 2. The van der Waals surface area contributed by atoms with Crippen LogP contribution in [0.1, 0.15) is 18.5 Å². The molecule has 1 aliphatic heterocycles. The van der Waals surface area contributed by atoms with E-state index < -0.39 is 31.3 Å². The first-order valence-electron chi connectivity index (χ1n) is 6.75. The van der Waals surface area contributed by atoms with Crippen molar-refractivity contribution in [2.24, 2.45) is 0 Å². The molecule has 0 saturated heterocycles. The molecule has 0 aromatic heterocycles. The van der Waals surface area contributed by atoms with Crippen molar-refractivity contribution in [1.29, 1.82) is 0 Å². The van der Waals surface area contributed by atoms with Crippen LogP contribution in [0.4, 0.5) is 18.9 Å². The zero-order valence-corrected chi connectivity index (χ0v) is 12.2. The third-order valence-corrected chi connectivity index (χ3v) is 3.01. The number of hydrogen-bond acceptors (Lipinski definition) is 4. The molecule has 1 atom stereocenters. The molecule has 9 heteroatoms. The summed E-state index contributed by atoms with van der Waals surface area (Å²) in [5, 5.41) is 5.15. The Bertz CT molecular complexity index is 604. The van der Waals surface area contributed by atoms with Crippen LogP contribution >= 0.6 is 0 Å². The van der Waals surface area contributed by atoms with E-state index in [4.69, 9.17) is 4.74 Å². The molecule has 126 valence electrons. The number of carbonyl (C=O) groups is 2. The Hall–Kier alpha value is -2.29. The third kappa shape index (κ3) is 5.13. The molecule has 1 aromatic rings. The van der Waals surface area contributed by atoms with Crippen molar-refractivity contribution in [2.45, 2.75) is 19.1 Å². The number of anilines is 1. The van der Waals surface area contributed by atoms with Crippen LogP contribution in [0.2, 0.25) is 0 Å². The number of halogens is 3. The van der Waals surface area contributed by atoms with Crippen LogP contribution in [0.25, 0.3) is 0 Å². The average molecular weight is 332 g/mol. The minimum Gasteiger partial charge on any atom is -0.482 e. The van der Waals surface area contributed by atoms with Gasteiger partial charge in [0.05, 0.1) is 11.7 Å². The second-order valence-electron chi connectivity index (χ2n) is 4.99. The minimum atomic E-state index is -4.47. The molecule has 2 N–H and O–H groups in total. The van der Waals surface area contributed by atoms with E-state index in [0.29, 0.717) is 17.0 Å². The first-order chi connectivity index (χ1) is 10.7. The van der Waals surface area contributed by atoms with Gasteiger partial charge in [0.15, 0.2) is 6.61 Å². The summed E-state index contributed by atoms with van der Waals surface area (Å²) in [5.74, 6) is -0.438. The van der Waals surface area contributed by atoms with Gasteiger partial charge in [-0.05, 0) is 24.6 Å². The van der Waals surface area contributed by atoms with Crippen LogP contribution in [0.5, 0.6) is 5.75 Å². The van der Waals surface area contributed by atoms with Crippen LogP contribution in [0.15, 0.2) is 18.2 Å². The Morgan fingerprint density at radius 1 is 1.48 bits per heavy atom. The second kappa shape index (κ2) is 6.86. The maximum atomic E-state index is 11.9. The second-order valence-corrected chi connectivity index (χ2v) is 4.99. The summed E-state index contributed by atoms with van der Waals surface area (Å²) in [7, 11) is 0. The summed E-state index contributed by atoms with van der Waals surface area (Å²) in [6.07, 6.45) is -4.47. The predicted molar refractivity (Wildman–Crippen MR) is 74.0 cm³/mol. The SMILES string of the molecule is C[C@@H](NC(=O)COCC(F)(F)F)c1ccc2c(c1)NC(=O)CO2. The smallest absolute Gasteiger partial charge is 0.411 e. The van der Waals surface area contributed by atoms with Crippen molar-refractivity contribution in [1.82, 2.24) is 5.32 Å². The molecular formula is C14H15F3N2O4. The van der Waals surface area contributed by atoms with Crippen molar-refractivity contribution in [3.63, 3.8) is 0 Å². The zero-order chi connectivity index (χ0) is 17.0. The molecule has 0 bridgehead atoms. The minimum absolute atomic E-state index is 0.0603. The quantitative estimate of drug-likeness (QED) is 0.862. The van der Waals surface area contributed by atoms with Gasteiger partial charge in [-0.15, -0.1) is 0 Å². The van der Waals surface area contributed by atoms with Crippen LogP contribution < -0.4 is 15.4 Å². The Balaban J connectivity index is 1.90. The average Bonchev–Trinajstić information content (AvgIpc) is 2.44. The van der Waals surface area contributed by atoms with E-state index in [9.17, 15) is 22.8 Å². The highest BCUT2D eigenvalue weighted by Crippen LogP contribution is 2.30. The van der Waals surface area contributed by atoms with Gasteiger partial charge in [-0.25, -0.2) is 0 Å². The van der Waals surface area contributed by atoms with Gasteiger partial charge < -0.3 is 20.1 Å². The molecule has 0 aliphatic carbocycles. The summed E-state index contributed by atoms with van der Waals surface area (Å²) in [5.41, 5.74) is 1.15. The summed E-state index contributed by atoms with van der Waals surface area (Å²) >= 11 is 0. The lowest BCUT2D eigenvalue weighted by Gasteiger charge is -2.21. The molecule has 0 fully saturated rings. The van der Waals surface area contributed by atoms with Crippen LogP contribution in [0, 0.1) is 0 Å². The fraction of sp³-hybridized carbons (Fsp3) is 0.429. The van der Waals surface area contributed by atoms with Crippen LogP contribution in [0.3, 0.4) is 0 Å². The molecule has 6 nitrogen and oxygen atoms in total. The van der Waals surface area contributed by atoms with Gasteiger partial charge in [0, 0.05) is 0 Å². The summed E-state index contributed by atoms with van der Waals surface area (Å²) in [6.45, 7) is -0.560. The molecule has 23 heavy (non-hydrogen) atoms. The predicted octanol–water partition coefficient (Wildman–Crippen LogP) is 1.77. The van der Waals surface area contributed by atoms with E-state index in [2.05, 4.69) is 15.4 Å². The first-order valence-corrected chi connectivity index (χ1v) is 6.75. The fourth-order valence-corrected chi connectivity index (χ4v) is 2.00. The molecular weight excluding hydrogens is 317 g/mol. The number of amides is 2. The zero-order valence-electron chi connectivity index (χ0n) is 12.2. The van der Waals surface area contributed by atoms with E-state index in [1.807, 2.05) is 0 Å². The van der Waals surface area contributed by atoms with Crippen molar-refractivity contribution in [2.75, 3.05) is 25.1 Å². The van der Waals surface area contributed by atoms with Gasteiger partial charge in [-0.3, -0.25) is 9.59 Å². The molecule has 0 saturated carbocycles. The van der Waals surface area contributed by atoms with Gasteiger partial charge in [0.2, 0.25) is 5.91 Å². The fourth-order valence-electron chi connectivity index (χ4n) is 2.00. The molecule has 2 amide bonds. The highest BCUT2D eigenvalue weighted by atomic mass is 19.4. The van der Waals surface area contributed by atoms with Gasteiger partial charge in [-0.2, -0.15) is 13.2 Å². The van der Waals surface area contributed by atoms with Crippen molar-refractivity contribution in [3.05, 3.63) is 23.8 Å². The third-order valence-electron chi connectivity index (χ3n) is 3.01. The Labute approximate surface area is 129 Å². The lowest BCUT2D eigenvalue weighted by Crippen LogP contribution is -2.32. The van der Waals surface area contributed by atoms with E-state index in [-0.39, 0.29) is 12.5 Å². The maximum absolute atomic E-state index is 11.9. The van der Waals surface area contributed by atoms with Gasteiger partial charge in [-0.1, -0.05) is 6.07 Å². The highest BCUT2D eigenvalue weighted by molar-refractivity contribution is 5.95. The van der Waals surface area contributed by atoms with Crippen LogP contribution in [-0.2, 0) is 14.3 Å². The normalized spacial score (nSPS) is 15.2. The van der Waals surface area contributed by atoms with E-state index in [1.54, 1.807) is 25.1 Å². The lowest BCUT2D eigenvalue weighted by atomic mass is 10.1. The van der Waals surface area contributed by atoms with Gasteiger partial charge in [0.1, 0.15) is 19.0 Å². The molecule has 0 radical (unpaired) electrons. The topological polar surface area (TPSA) is 76.7 Å². The van der Waals surface area contributed by atoms with Crippen molar-refractivity contribution >= 4 is 17.5 Å². The molecule has 1 heterocycles. The number of hydrogen-bond donors (Lipinski definition) is 2. The molecule has 2 rings (SSSR count). The largest absolute Gasteiger partial charge is 0.482 e. The summed E-state index contributed by atoms with van der Waals surface area (Å²) in [6, 6.07) is 4.50. The lowest BCUT2D eigenvalue weighted by molar-refractivity contribution is -0.175. The molecule has 0 spiro atoms. The van der Waals surface area contributed by atoms with E-state index >= 15 is 0 Å². The number of benzene rings is 1. The summed E-state index contributed by atoms with van der Waals surface area (Å²) in [4.78, 5) is 22.8. The Morgan fingerprint density at radius 3 is 2.91 bits per heavy atom. The monoisotopic (exact) mass is 332 g/mol. The number of rotatable bonds is 5. The Morgan fingerprint density at radius 2 is 2.22 bits per heavy atom. The first kappa shape index (κ1) is 17.1. The summed E-state index contributed by atoms with van der Waals surface area (Å²) < 4.78 is 45.3. The maximum Gasteiger partial charge on any atom is 0.411 e.